The van der Waals surface area contributed by atoms with Crippen molar-refractivity contribution in [3.05, 3.63) is 0 Å². The minimum Gasteiger partial charge on any atom is -0.456 e. The second kappa shape index (κ2) is 4.93. The smallest absolute Gasteiger partial charge is 0.399 e. The second-order valence-electron chi connectivity index (χ2n) is 6.11. The number of esters is 2. The summed E-state index contributed by atoms with van der Waals surface area (Å²) in [7, 11) is 0. The molecule has 0 aliphatic carbocycles. The van der Waals surface area contributed by atoms with E-state index in [-0.39, 0.29) is 0 Å². The summed E-state index contributed by atoms with van der Waals surface area (Å²) in [5.74, 6) is -4.16. The number of alkyl halides is 3. The molecule has 20 heavy (non-hydrogen) atoms. The third kappa shape index (κ3) is 3.07. The standard InChI is InChI=1S/C13H19F3O4/c1-6-11(2,3)10(18)19-7-8(13(14,15)16)12(4,5)20-9(7)17/h7-8H,6H2,1-5H3. The van der Waals surface area contributed by atoms with Gasteiger partial charge in [-0.25, -0.2) is 4.79 Å². The highest BCUT2D eigenvalue weighted by molar-refractivity contribution is 5.84. The molecule has 4 nitrogen and oxygen atoms in total. The number of rotatable bonds is 3. The molecular formula is C13H19F3O4. The van der Waals surface area contributed by atoms with E-state index < -0.39 is 41.2 Å². The van der Waals surface area contributed by atoms with Gasteiger partial charge in [0.05, 0.1) is 5.41 Å². The van der Waals surface area contributed by atoms with Crippen LogP contribution in [-0.4, -0.2) is 29.8 Å². The summed E-state index contributed by atoms with van der Waals surface area (Å²) < 4.78 is 48.8. The van der Waals surface area contributed by atoms with Gasteiger partial charge in [-0.05, 0) is 34.1 Å². The van der Waals surface area contributed by atoms with Gasteiger partial charge in [-0.2, -0.15) is 13.2 Å². The normalized spacial score (nSPS) is 26.3. The molecule has 1 saturated heterocycles. The Morgan fingerprint density at radius 3 is 2.25 bits per heavy atom. The predicted molar refractivity (Wildman–Crippen MR) is 63.7 cm³/mol. The van der Waals surface area contributed by atoms with Gasteiger partial charge in [0.25, 0.3) is 0 Å². The van der Waals surface area contributed by atoms with Crippen LogP contribution in [0.5, 0.6) is 0 Å². The first kappa shape index (κ1) is 16.8. The maximum atomic E-state index is 13.1. The van der Waals surface area contributed by atoms with E-state index in [2.05, 4.69) is 0 Å². The van der Waals surface area contributed by atoms with Crippen LogP contribution in [-0.2, 0) is 19.1 Å². The zero-order chi connectivity index (χ0) is 15.9. The fourth-order valence-corrected chi connectivity index (χ4v) is 1.98. The first-order valence-electron chi connectivity index (χ1n) is 6.33. The molecule has 7 heteroatoms. The fraction of sp³-hybridized carbons (Fsp3) is 0.846. The van der Waals surface area contributed by atoms with Crippen molar-refractivity contribution < 1.29 is 32.2 Å². The molecule has 2 atom stereocenters. The van der Waals surface area contributed by atoms with E-state index in [9.17, 15) is 22.8 Å². The first-order valence-corrected chi connectivity index (χ1v) is 6.33. The Hall–Kier alpha value is -1.27. The van der Waals surface area contributed by atoms with E-state index >= 15 is 0 Å². The van der Waals surface area contributed by atoms with Crippen molar-refractivity contribution in [2.75, 3.05) is 0 Å². The van der Waals surface area contributed by atoms with Crippen LogP contribution in [0.15, 0.2) is 0 Å². The van der Waals surface area contributed by atoms with Gasteiger partial charge in [0.15, 0.2) is 0 Å². The molecule has 1 aliphatic heterocycles. The van der Waals surface area contributed by atoms with Crippen LogP contribution in [0.25, 0.3) is 0 Å². The van der Waals surface area contributed by atoms with E-state index in [4.69, 9.17) is 9.47 Å². The van der Waals surface area contributed by atoms with E-state index in [1.54, 1.807) is 20.8 Å². The van der Waals surface area contributed by atoms with Crippen LogP contribution >= 0.6 is 0 Å². The molecular weight excluding hydrogens is 277 g/mol. The van der Waals surface area contributed by atoms with Gasteiger partial charge >= 0.3 is 18.1 Å². The molecule has 1 fully saturated rings. The van der Waals surface area contributed by atoms with Gasteiger partial charge in [0, 0.05) is 0 Å². The van der Waals surface area contributed by atoms with Crippen molar-refractivity contribution in [2.45, 2.75) is 58.9 Å². The lowest BCUT2D eigenvalue weighted by atomic mass is 9.87. The Kier molecular flexibility index (Phi) is 4.14. The molecule has 0 aromatic carbocycles. The Morgan fingerprint density at radius 1 is 1.35 bits per heavy atom. The highest BCUT2D eigenvalue weighted by Gasteiger charge is 2.64. The van der Waals surface area contributed by atoms with Crippen molar-refractivity contribution in [3.8, 4) is 0 Å². The van der Waals surface area contributed by atoms with Crippen molar-refractivity contribution >= 4 is 11.9 Å². The molecule has 0 spiro atoms. The molecule has 0 aromatic heterocycles. The summed E-state index contributed by atoms with van der Waals surface area (Å²) in [5, 5.41) is 0. The molecule has 1 aliphatic rings. The van der Waals surface area contributed by atoms with Crippen molar-refractivity contribution in [3.63, 3.8) is 0 Å². The molecule has 0 amide bonds. The number of carbonyl (C=O) groups excluding carboxylic acids is 2. The lowest BCUT2D eigenvalue weighted by Crippen LogP contribution is -2.46. The highest BCUT2D eigenvalue weighted by atomic mass is 19.4. The summed E-state index contributed by atoms with van der Waals surface area (Å²) in [5.41, 5.74) is -2.71. The maximum Gasteiger partial charge on any atom is 0.399 e. The number of ether oxygens (including phenoxy) is 2. The van der Waals surface area contributed by atoms with Crippen LogP contribution in [0.2, 0.25) is 0 Å². The van der Waals surface area contributed by atoms with E-state index in [1.807, 2.05) is 0 Å². The van der Waals surface area contributed by atoms with Gasteiger partial charge in [-0.3, -0.25) is 4.79 Å². The molecule has 0 bridgehead atoms. The average molecular weight is 296 g/mol. The van der Waals surface area contributed by atoms with Gasteiger partial charge in [-0.15, -0.1) is 0 Å². The van der Waals surface area contributed by atoms with Crippen molar-refractivity contribution in [1.82, 2.24) is 0 Å². The number of hydrogen-bond acceptors (Lipinski definition) is 4. The van der Waals surface area contributed by atoms with E-state index in [0.29, 0.717) is 6.42 Å². The molecule has 1 heterocycles. The van der Waals surface area contributed by atoms with Gasteiger partial charge in [0.1, 0.15) is 11.5 Å². The molecule has 0 saturated carbocycles. The highest BCUT2D eigenvalue weighted by Crippen LogP contribution is 2.45. The molecule has 0 radical (unpaired) electrons. The van der Waals surface area contributed by atoms with E-state index in [0.717, 1.165) is 13.8 Å². The second-order valence-corrected chi connectivity index (χ2v) is 6.11. The number of carbonyl (C=O) groups is 2. The zero-order valence-corrected chi connectivity index (χ0v) is 12.1. The van der Waals surface area contributed by atoms with Crippen LogP contribution in [0.3, 0.4) is 0 Å². The fourth-order valence-electron chi connectivity index (χ4n) is 1.98. The quantitative estimate of drug-likeness (QED) is 0.751. The number of halogens is 3. The Morgan fingerprint density at radius 2 is 1.85 bits per heavy atom. The lowest BCUT2D eigenvalue weighted by molar-refractivity contribution is -0.222. The summed E-state index contributed by atoms with van der Waals surface area (Å²) >= 11 is 0. The minimum absolute atomic E-state index is 0.383. The summed E-state index contributed by atoms with van der Waals surface area (Å²) in [4.78, 5) is 23.5. The number of cyclic esters (lactones) is 1. The van der Waals surface area contributed by atoms with Crippen LogP contribution in [0, 0.1) is 11.3 Å². The number of hydrogen-bond donors (Lipinski definition) is 0. The van der Waals surface area contributed by atoms with Crippen LogP contribution < -0.4 is 0 Å². The lowest BCUT2D eigenvalue weighted by Gasteiger charge is -2.29. The third-order valence-corrected chi connectivity index (χ3v) is 3.67. The van der Waals surface area contributed by atoms with Gasteiger partial charge in [0.2, 0.25) is 6.10 Å². The monoisotopic (exact) mass is 296 g/mol. The SMILES string of the molecule is CCC(C)(C)C(=O)OC1C(=O)OC(C)(C)C1C(F)(F)F. The van der Waals surface area contributed by atoms with Gasteiger partial charge in [-0.1, -0.05) is 6.92 Å². The average Bonchev–Trinajstić information content (AvgIpc) is 2.47. The Balaban J connectivity index is 3.04. The van der Waals surface area contributed by atoms with E-state index in [1.165, 1.54) is 0 Å². The summed E-state index contributed by atoms with van der Waals surface area (Å²) in [6.07, 6.45) is -6.26. The molecule has 2 unspecified atom stereocenters. The molecule has 116 valence electrons. The maximum absolute atomic E-state index is 13.1. The topological polar surface area (TPSA) is 52.6 Å². The zero-order valence-electron chi connectivity index (χ0n) is 12.1. The van der Waals surface area contributed by atoms with Crippen LogP contribution in [0.4, 0.5) is 13.2 Å². The Bertz CT molecular complexity index is 412. The largest absolute Gasteiger partial charge is 0.456 e. The molecule has 0 aromatic rings. The van der Waals surface area contributed by atoms with Crippen molar-refractivity contribution in [2.24, 2.45) is 11.3 Å². The van der Waals surface area contributed by atoms with Crippen molar-refractivity contribution in [1.29, 1.82) is 0 Å². The minimum atomic E-state index is -4.70. The van der Waals surface area contributed by atoms with Crippen LogP contribution in [0.1, 0.15) is 41.0 Å². The predicted octanol–water partition coefficient (Wildman–Crippen LogP) is 2.85. The Labute approximate surface area is 115 Å². The summed E-state index contributed by atoms with van der Waals surface area (Å²) in [6, 6.07) is 0. The summed E-state index contributed by atoms with van der Waals surface area (Å²) in [6.45, 7) is 7.11. The molecule has 1 rings (SSSR count). The molecule has 0 N–H and O–H groups in total. The first-order chi connectivity index (χ1) is 8.83. The third-order valence-electron chi connectivity index (χ3n) is 3.67. The van der Waals surface area contributed by atoms with Gasteiger partial charge < -0.3 is 9.47 Å².